The lowest BCUT2D eigenvalue weighted by atomic mass is 10.1. The zero-order valence-electron chi connectivity index (χ0n) is 9.77. The van der Waals surface area contributed by atoms with Crippen molar-refractivity contribution in [1.29, 1.82) is 0 Å². The number of para-hydroxylation sites is 1. The number of benzene rings is 1. The second-order valence-electron chi connectivity index (χ2n) is 3.95. The molecule has 0 spiro atoms. The first-order valence-corrected chi connectivity index (χ1v) is 6.35. The van der Waals surface area contributed by atoms with Crippen molar-refractivity contribution in [1.82, 2.24) is 9.97 Å². The Morgan fingerprint density at radius 1 is 1.22 bits per heavy atom. The molecule has 0 saturated heterocycles. The van der Waals surface area contributed by atoms with Crippen LogP contribution in [0.15, 0.2) is 47.2 Å². The fourth-order valence-electron chi connectivity index (χ4n) is 2.07. The van der Waals surface area contributed by atoms with Crippen molar-refractivity contribution in [3.05, 3.63) is 47.2 Å². The predicted molar refractivity (Wildman–Crippen MR) is 75.8 cm³/mol. The maximum atomic E-state index is 5.40. The maximum absolute atomic E-state index is 5.40. The minimum absolute atomic E-state index is 0.860. The van der Waals surface area contributed by atoms with E-state index in [2.05, 4.69) is 32.0 Å². The summed E-state index contributed by atoms with van der Waals surface area (Å²) in [7, 11) is 1.68. The molecule has 1 aromatic carbocycles. The summed E-state index contributed by atoms with van der Waals surface area (Å²) in [5, 5.41) is 1.08. The predicted octanol–water partition coefficient (Wildman–Crippen LogP) is 4.00. The second kappa shape index (κ2) is 4.46. The molecule has 1 N–H and O–H groups in total. The number of aromatic amines is 1. The third kappa shape index (κ3) is 1.78. The smallest absolute Gasteiger partial charge is 0.137 e. The highest BCUT2D eigenvalue weighted by molar-refractivity contribution is 9.10. The van der Waals surface area contributed by atoms with Gasteiger partial charge >= 0.3 is 0 Å². The molecule has 0 atom stereocenters. The van der Waals surface area contributed by atoms with E-state index in [1.54, 1.807) is 13.3 Å². The van der Waals surface area contributed by atoms with Gasteiger partial charge in [0.05, 0.1) is 7.11 Å². The summed E-state index contributed by atoms with van der Waals surface area (Å²) >= 11 is 3.45. The quantitative estimate of drug-likeness (QED) is 0.777. The lowest BCUT2D eigenvalue weighted by Crippen LogP contribution is -1.86. The summed E-state index contributed by atoms with van der Waals surface area (Å²) in [6.45, 7) is 0. The van der Waals surface area contributed by atoms with Crippen molar-refractivity contribution in [2.45, 2.75) is 0 Å². The number of pyridine rings is 1. The molecule has 0 bridgehead atoms. The van der Waals surface area contributed by atoms with Crippen LogP contribution < -0.4 is 4.74 Å². The van der Waals surface area contributed by atoms with Crippen LogP contribution >= 0.6 is 15.9 Å². The molecule has 0 unspecified atom stereocenters. The third-order valence-electron chi connectivity index (χ3n) is 2.89. The zero-order chi connectivity index (χ0) is 12.5. The van der Waals surface area contributed by atoms with E-state index in [-0.39, 0.29) is 0 Å². The number of nitrogens with zero attached hydrogens (tertiary/aromatic N) is 1. The molecule has 0 amide bonds. The summed E-state index contributed by atoms with van der Waals surface area (Å²) in [4.78, 5) is 7.52. The number of nitrogens with one attached hydrogen (secondary N) is 1. The molecule has 3 nitrogen and oxygen atoms in total. The lowest BCUT2D eigenvalue weighted by molar-refractivity contribution is 0.416. The van der Waals surface area contributed by atoms with Gasteiger partial charge in [0.2, 0.25) is 0 Å². The van der Waals surface area contributed by atoms with E-state index in [1.165, 1.54) is 0 Å². The van der Waals surface area contributed by atoms with Crippen molar-refractivity contribution < 1.29 is 4.74 Å². The van der Waals surface area contributed by atoms with Gasteiger partial charge in [0.1, 0.15) is 11.4 Å². The van der Waals surface area contributed by atoms with Gasteiger partial charge in [0.25, 0.3) is 0 Å². The average Bonchev–Trinajstić information content (AvgIpc) is 2.81. The van der Waals surface area contributed by atoms with Gasteiger partial charge in [-0.1, -0.05) is 18.2 Å². The number of fused-ring (bicyclic) bond motifs is 1. The molecule has 0 saturated carbocycles. The number of hydrogen-bond donors (Lipinski definition) is 1. The van der Waals surface area contributed by atoms with Crippen LogP contribution in [0.4, 0.5) is 0 Å². The van der Waals surface area contributed by atoms with Crippen LogP contribution in [0.25, 0.3) is 22.2 Å². The molecule has 3 rings (SSSR count). The lowest BCUT2D eigenvalue weighted by Gasteiger charge is -2.06. The van der Waals surface area contributed by atoms with Gasteiger partial charge in [-0.3, -0.25) is 0 Å². The molecular formula is C14H11BrN2O. The van der Waals surface area contributed by atoms with Crippen molar-refractivity contribution in [2.24, 2.45) is 0 Å². The largest absolute Gasteiger partial charge is 0.496 e. The Labute approximate surface area is 113 Å². The maximum Gasteiger partial charge on any atom is 0.137 e. The first-order valence-electron chi connectivity index (χ1n) is 5.55. The Bertz CT molecular complexity index is 706. The van der Waals surface area contributed by atoms with Crippen molar-refractivity contribution in [3.8, 4) is 16.9 Å². The fourth-order valence-corrected chi connectivity index (χ4v) is 2.40. The van der Waals surface area contributed by atoms with Crippen molar-refractivity contribution in [3.63, 3.8) is 0 Å². The van der Waals surface area contributed by atoms with E-state index in [0.29, 0.717) is 0 Å². The summed E-state index contributed by atoms with van der Waals surface area (Å²) in [6.07, 6.45) is 3.74. The molecule has 2 aromatic heterocycles. The topological polar surface area (TPSA) is 37.9 Å². The molecule has 0 aliphatic carbocycles. The monoisotopic (exact) mass is 302 g/mol. The van der Waals surface area contributed by atoms with Crippen molar-refractivity contribution in [2.75, 3.05) is 7.11 Å². The van der Waals surface area contributed by atoms with Gasteiger partial charge in [0.15, 0.2) is 0 Å². The first-order chi connectivity index (χ1) is 8.79. The van der Waals surface area contributed by atoms with Gasteiger partial charge < -0.3 is 9.72 Å². The Morgan fingerprint density at radius 2 is 2.06 bits per heavy atom. The number of hydrogen-bond acceptors (Lipinski definition) is 2. The molecule has 4 heteroatoms. The number of aromatic nitrogens is 2. The van der Waals surface area contributed by atoms with Crippen LogP contribution in [0, 0.1) is 0 Å². The van der Waals surface area contributed by atoms with Gasteiger partial charge in [0, 0.05) is 33.4 Å². The second-order valence-corrected chi connectivity index (χ2v) is 4.87. The van der Waals surface area contributed by atoms with E-state index >= 15 is 0 Å². The molecule has 90 valence electrons. The van der Waals surface area contributed by atoms with E-state index in [9.17, 15) is 0 Å². The molecule has 0 fully saturated rings. The van der Waals surface area contributed by atoms with Gasteiger partial charge in [-0.2, -0.15) is 0 Å². The van der Waals surface area contributed by atoms with Gasteiger partial charge in [-0.25, -0.2) is 4.98 Å². The Morgan fingerprint density at radius 3 is 2.89 bits per heavy atom. The number of ether oxygens (including phenoxy) is 1. The SMILES string of the molecule is COc1ccccc1-c1c[nH]c2ncc(Br)cc12. The van der Waals surface area contributed by atoms with Crippen LogP contribution in [0.3, 0.4) is 0 Å². The summed E-state index contributed by atoms with van der Waals surface area (Å²) < 4.78 is 6.37. The van der Waals surface area contributed by atoms with E-state index in [0.717, 1.165) is 32.4 Å². The molecule has 3 aromatic rings. The molecule has 0 aliphatic rings. The fraction of sp³-hybridized carbons (Fsp3) is 0.0714. The number of H-pyrrole nitrogens is 1. The minimum Gasteiger partial charge on any atom is -0.496 e. The number of halogens is 1. The van der Waals surface area contributed by atoms with Crippen LogP contribution in [-0.4, -0.2) is 17.1 Å². The highest BCUT2D eigenvalue weighted by atomic mass is 79.9. The van der Waals surface area contributed by atoms with E-state index < -0.39 is 0 Å². The highest BCUT2D eigenvalue weighted by Crippen LogP contribution is 2.35. The highest BCUT2D eigenvalue weighted by Gasteiger charge is 2.11. The summed E-state index contributed by atoms with van der Waals surface area (Å²) in [5.74, 6) is 0.860. The Kier molecular flexibility index (Phi) is 2.80. The van der Waals surface area contributed by atoms with Crippen molar-refractivity contribution >= 4 is 27.0 Å². The van der Waals surface area contributed by atoms with E-state index in [4.69, 9.17) is 4.74 Å². The van der Waals surface area contributed by atoms with Gasteiger partial charge in [-0.15, -0.1) is 0 Å². The normalized spacial score (nSPS) is 10.8. The zero-order valence-corrected chi connectivity index (χ0v) is 11.4. The summed E-state index contributed by atoms with van der Waals surface area (Å²) in [5.41, 5.74) is 3.03. The summed E-state index contributed by atoms with van der Waals surface area (Å²) in [6, 6.07) is 10.0. The molecular weight excluding hydrogens is 292 g/mol. The van der Waals surface area contributed by atoms with Crippen LogP contribution in [0.2, 0.25) is 0 Å². The van der Waals surface area contributed by atoms with E-state index in [1.807, 2.05) is 30.5 Å². The Balaban J connectivity index is 2.28. The molecule has 0 radical (unpaired) electrons. The standard InChI is InChI=1S/C14H11BrN2O/c1-18-13-5-3-2-4-10(13)12-8-17-14-11(12)6-9(15)7-16-14/h2-8H,1H3,(H,16,17). The first kappa shape index (κ1) is 11.3. The molecule has 18 heavy (non-hydrogen) atoms. The third-order valence-corrected chi connectivity index (χ3v) is 3.33. The number of rotatable bonds is 2. The average molecular weight is 303 g/mol. The molecule has 2 heterocycles. The van der Waals surface area contributed by atoms with Crippen LogP contribution in [-0.2, 0) is 0 Å². The minimum atomic E-state index is 0.860. The molecule has 0 aliphatic heterocycles. The van der Waals surface area contributed by atoms with Crippen LogP contribution in [0.1, 0.15) is 0 Å². The van der Waals surface area contributed by atoms with Gasteiger partial charge in [-0.05, 0) is 28.1 Å². The Hall–Kier alpha value is -1.81. The number of methoxy groups -OCH3 is 1. The van der Waals surface area contributed by atoms with Crippen LogP contribution in [0.5, 0.6) is 5.75 Å².